The molecule has 0 spiro atoms. The zero-order valence-corrected chi connectivity index (χ0v) is 21.6. The van der Waals surface area contributed by atoms with Gasteiger partial charge in [0.25, 0.3) is 0 Å². The van der Waals surface area contributed by atoms with E-state index in [0.717, 1.165) is 31.8 Å². The first-order valence-corrected chi connectivity index (χ1v) is 12.9. The zero-order chi connectivity index (χ0) is 27.7. The molecular formula is C27H32N4O7. The predicted molar refractivity (Wildman–Crippen MR) is 135 cm³/mol. The second kappa shape index (κ2) is 9.09. The van der Waals surface area contributed by atoms with Crippen LogP contribution in [0.3, 0.4) is 0 Å². The van der Waals surface area contributed by atoms with Crippen LogP contribution in [-0.2, 0) is 25.6 Å². The van der Waals surface area contributed by atoms with Crippen molar-refractivity contribution in [2.75, 3.05) is 27.2 Å². The van der Waals surface area contributed by atoms with Crippen LogP contribution in [-0.4, -0.2) is 93.7 Å². The van der Waals surface area contributed by atoms with Gasteiger partial charge in [-0.05, 0) is 70.3 Å². The van der Waals surface area contributed by atoms with Gasteiger partial charge in [0, 0.05) is 19.0 Å². The minimum atomic E-state index is -2.73. The number of phenolic OH excluding ortho intramolecular Hbond substituents is 1. The van der Waals surface area contributed by atoms with Crippen molar-refractivity contribution < 1.29 is 34.2 Å². The largest absolute Gasteiger partial charge is 0.507 e. The van der Waals surface area contributed by atoms with E-state index in [2.05, 4.69) is 4.90 Å². The van der Waals surface area contributed by atoms with Gasteiger partial charge in [-0.15, -0.1) is 0 Å². The number of hydrogen-bond acceptors (Lipinski definition) is 9. The fraction of sp³-hybridized carbons (Fsp3) is 0.556. The molecule has 0 radical (unpaired) electrons. The van der Waals surface area contributed by atoms with Crippen molar-refractivity contribution in [2.45, 2.75) is 44.2 Å². The van der Waals surface area contributed by atoms with Crippen molar-refractivity contribution in [3.05, 3.63) is 23.3 Å². The minimum Gasteiger partial charge on any atom is -0.507 e. The molecule has 11 heteroatoms. The number of likely N-dealkylation sites (N-methyl/N-ethyl adjacent to an activating group) is 1. The third-order valence-electron chi connectivity index (χ3n) is 8.77. The number of fused-ring (bicyclic) bond motifs is 3. The highest BCUT2D eigenvalue weighted by molar-refractivity contribution is 6.32. The van der Waals surface area contributed by atoms with Crippen LogP contribution < -0.4 is 5.73 Å². The van der Waals surface area contributed by atoms with E-state index in [1.807, 2.05) is 6.92 Å². The van der Waals surface area contributed by atoms with Crippen LogP contribution in [0.15, 0.2) is 17.1 Å². The summed E-state index contributed by atoms with van der Waals surface area (Å²) in [7, 11) is 3.11. The topological polar surface area (TPSA) is 171 Å². The molecular weight excluding hydrogens is 492 g/mol. The second-order valence-corrected chi connectivity index (χ2v) is 11.1. The lowest BCUT2D eigenvalue weighted by atomic mass is 9.52. The Kier molecular flexibility index (Phi) is 6.26. The van der Waals surface area contributed by atoms with Gasteiger partial charge < -0.3 is 20.8 Å². The number of hydrogen-bond donors (Lipinski definition) is 3. The summed E-state index contributed by atoms with van der Waals surface area (Å²) in [6.45, 7) is 3.65. The maximum atomic E-state index is 13.8. The standard InChI is InChI=1S/C27H32N4O7/c1-12(31-8-4-5-9-31)29-16-6-7-17(32)19-14(16)10-13-11-15-21(30(2)3)23(34)20(26(28)37)25(36)27(15,38)24(35)18(13)22(19)33/h6-7,13,15,18,20-21,32,38H,4-5,8-11H2,1-3H3,(H2,28,37). The lowest BCUT2D eigenvalue weighted by molar-refractivity contribution is -0.181. The maximum Gasteiger partial charge on any atom is 0.235 e. The van der Waals surface area contributed by atoms with Gasteiger partial charge in [-0.1, -0.05) is 0 Å². The highest BCUT2D eigenvalue weighted by atomic mass is 16.3. The third kappa shape index (κ3) is 3.63. The molecule has 202 valence electrons. The van der Waals surface area contributed by atoms with Gasteiger partial charge in [0.15, 0.2) is 34.7 Å². The average Bonchev–Trinajstić information content (AvgIpc) is 3.38. The number of primary amides is 1. The molecule has 4 N–H and O–H groups in total. The van der Waals surface area contributed by atoms with Crippen LogP contribution in [0.5, 0.6) is 5.75 Å². The Morgan fingerprint density at radius 1 is 1.13 bits per heavy atom. The fourth-order valence-electron chi connectivity index (χ4n) is 6.98. The van der Waals surface area contributed by atoms with Crippen molar-refractivity contribution in [3.63, 3.8) is 0 Å². The molecule has 1 aromatic carbocycles. The number of aliphatic imine (C=N–C) groups is 1. The Balaban J connectivity index is 1.60. The van der Waals surface area contributed by atoms with E-state index in [4.69, 9.17) is 10.7 Å². The van der Waals surface area contributed by atoms with Crippen molar-refractivity contribution in [1.29, 1.82) is 0 Å². The molecule has 6 unspecified atom stereocenters. The van der Waals surface area contributed by atoms with Gasteiger partial charge in [-0.3, -0.25) is 28.9 Å². The number of nitrogens with two attached hydrogens (primary N) is 1. The first-order chi connectivity index (χ1) is 17.9. The Labute approximate surface area is 219 Å². The first kappa shape index (κ1) is 26.2. The Morgan fingerprint density at radius 3 is 2.39 bits per heavy atom. The molecule has 1 aliphatic heterocycles. The van der Waals surface area contributed by atoms with Gasteiger partial charge in [-0.2, -0.15) is 0 Å². The van der Waals surface area contributed by atoms with Crippen molar-refractivity contribution in [2.24, 2.45) is 34.4 Å². The van der Waals surface area contributed by atoms with Crippen LogP contribution in [0.1, 0.15) is 42.1 Å². The number of amidine groups is 1. The van der Waals surface area contributed by atoms with E-state index in [9.17, 15) is 34.2 Å². The molecule has 3 aliphatic carbocycles. The number of aromatic hydroxyl groups is 1. The Morgan fingerprint density at radius 2 is 1.79 bits per heavy atom. The molecule has 1 amide bonds. The van der Waals surface area contributed by atoms with Crippen molar-refractivity contribution >= 4 is 40.6 Å². The molecule has 3 fully saturated rings. The normalized spacial score (nSPS) is 33.3. The number of phenols is 1. The minimum absolute atomic E-state index is 0.00775. The molecule has 5 rings (SSSR count). The van der Waals surface area contributed by atoms with Crippen molar-refractivity contribution in [1.82, 2.24) is 9.80 Å². The molecule has 0 aromatic heterocycles. The van der Waals surface area contributed by atoms with E-state index in [-0.39, 0.29) is 24.2 Å². The smallest absolute Gasteiger partial charge is 0.235 e. The van der Waals surface area contributed by atoms with Crippen LogP contribution in [0.2, 0.25) is 0 Å². The third-order valence-corrected chi connectivity index (χ3v) is 8.77. The lowest BCUT2D eigenvalue weighted by Crippen LogP contribution is -2.74. The van der Waals surface area contributed by atoms with Gasteiger partial charge >= 0.3 is 0 Å². The molecule has 6 atom stereocenters. The number of rotatable bonds is 3. The van der Waals surface area contributed by atoms with Gasteiger partial charge in [-0.25, -0.2) is 4.99 Å². The number of likely N-dealkylation sites (tertiary alicyclic amines) is 1. The highest BCUT2D eigenvalue weighted by Crippen LogP contribution is 2.51. The van der Waals surface area contributed by atoms with Crippen LogP contribution >= 0.6 is 0 Å². The number of ketones is 4. The predicted octanol–water partition coefficient (Wildman–Crippen LogP) is 0.0127. The quantitative estimate of drug-likeness (QED) is 0.280. The summed E-state index contributed by atoms with van der Waals surface area (Å²) < 4.78 is 0. The number of amides is 1. The monoisotopic (exact) mass is 524 g/mol. The fourth-order valence-corrected chi connectivity index (χ4v) is 6.98. The molecule has 0 bridgehead atoms. The first-order valence-electron chi connectivity index (χ1n) is 12.9. The zero-order valence-electron chi connectivity index (χ0n) is 21.6. The summed E-state index contributed by atoms with van der Waals surface area (Å²) in [6, 6.07) is 1.86. The van der Waals surface area contributed by atoms with Gasteiger partial charge in [0.2, 0.25) is 5.91 Å². The number of Topliss-reactive ketones (excluding diaryl/α,β-unsaturated/α-hetero) is 4. The van der Waals surface area contributed by atoms with Crippen LogP contribution in [0.4, 0.5) is 5.69 Å². The van der Waals surface area contributed by atoms with E-state index >= 15 is 0 Å². The Hall–Kier alpha value is -3.44. The molecule has 11 nitrogen and oxygen atoms in total. The molecule has 4 aliphatic rings. The summed E-state index contributed by atoms with van der Waals surface area (Å²) in [6.07, 6.45) is 2.33. The number of carbonyl (C=O) groups is 5. The maximum absolute atomic E-state index is 13.8. The van der Waals surface area contributed by atoms with E-state index in [1.54, 1.807) is 20.2 Å². The molecule has 38 heavy (non-hydrogen) atoms. The second-order valence-electron chi connectivity index (χ2n) is 11.1. The van der Waals surface area contributed by atoms with E-state index in [0.29, 0.717) is 11.3 Å². The average molecular weight is 525 g/mol. The number of nitrogens with zero attached hydrogens (tertiary/aromatic N) is 3. The SMILES string of the molecule is CC(=Nc1ccc(O)c2c1CC1CC3C(N(C)C)C(=O)C(C(N)=O)C(=O)C3(O)C(=O)C1C2=O)N1CCCC1. The number of benzene rings is 1. The number of carbonyl (C=O) groups excluding carboxylic acids is 5. The molecule has 1 aromatic rings. The summed E-state index contributed by atoms with van der Waals surface area (Å²) in [5, 5.41) is 22.3. The Bertz CT molecular complexity index is 1300. The lowest BCUT2D eigenvalue weighted by Gasteiger charge is -2.52. The summed E-state index contributed by atoms with van der Waals surface area (Å²) in [5.41, 5.74) is 3.57. The summed E-state index contributed by atoms with van der Waals surface area (Å²) >= 11 is 0. The van der Waals surface area contributed by atoms with Crippen molar-refractivity contribution in [3.8, 4) is 5.75 Å². The molecule has 2 saturated carbocycles. The summed E-state index contributed by atoms with van der Waals surface area (Å²) in [5.74, 6) is -9.76. The highest BCUT2D eigenvalue weighted by Gasteiger charge is 2.69. The van der Waals surface area contributed by atoms with Crippen LogP contribution in [0, 0.1) is 23.7 Å². The van der Waals surface area contributed by atoms with E-state index < -0.39 is 64.4 Å². The van der Waals surface area contributed by atoms with E-state index in [1.165, 1.54) is 11.0 Å². The van der Waals surface area contributed by atoms with Crippen LogP contribution in [0.25, 0.3) is 0 Å². The summed E-state index contributed by atoms with van der Waals surface area (Å²) in [4.78, 5) is 74.5. The molecule has 1 saturated heterocycles. The number of aliphatic hydroxyl groups is 1. The van der Waals surface area contributed by atoms with Gasteiger partial charge in [0.05, 0.1) is 23.2 Å². The molecule has 1 heterocycles. The van der Waals surface area contributed by atoms with Gasteiger partial charge in [0.1, 0.15) is 11.6 Å².